The molecule has 3 heterocycles. The second-order valence-electron chi connectivity index (χ2n) is 7.98. The first-order chi connectivity index (χ1) is 15.3. The molecule has 4 aromatic rings. The third-order valence-corrected chi connectivity index (χ3v) is 5.88. The Hall–Kier alpha value is -3.44. The van der Waals surface area contributed by atoms with Gasteiger partial charge in [-0.15, -0.1) is 0 Å². The van der Waals surface area contributed by atoms with E-state index in [0.29, 0.717) is 26.3 Å². The second-order valence-corrected chi connectivity index (χ2v) is 7.98. The van der Waals surface area contributed by atoms with E-state index in [4.69, 9.17) is 4.74 Å². The maximum absolute atomic E-state index is 13.6. The summed E-state index contributed by atoms with van der Waals surface area (Å²) in [5.41, 5.74) is 4.91. The number of benzene rings is 2. The molecule has 2 aromatic heterocycles. The summed E-state index contributed by atoms with van der Waals surface area (Å²) >= 11 is 0. The highest BCUT2D eigenvalue weighted by Crippen LogP contribution is 2.26. The Morgan fingerprint density at radius 3 is 2.74 bits per heavy atom. The van der Waals surface area contributed by atoms with E-state index in [2.05, 4.69) is 15.5 Å². The van der Waals surface area contributed by atoms with Crippen molar-refractivity contribution >= 4 is 11.4 Å². The molecule has 0 aliphatic carbocycles. The SMILES string of the molecule is O=C(c1ccccc1-c1ccccc1)N1CCOC[C@@H](Cc2nccn3cccc23)C1. The molecule has 1 fully saturated rings. The number of carbonyl (C=O) groups excluding carboxylic acids is 1. The van der Waals surface area contributed by atoms with Gasteiger partial charge in [-0.3, -0.25) is 9.78 Å². The molecule has 0 spiro atoms. The lowest BCUT2D eigenvalue weighted by molar-refractivity contribution is 0.0738. The van der Waals surface area contributed by atoms with E-state index in [-0.39, 0.29) is 11.8 Å². The van der Waals surface area contributed by atoms with E-state index in [0.717, 1.165) is 34.3 Å². The zero-order valence-electron chi connectivity index (χ0n) is 17.4. The van der Waals surface area contributed by atoms with Crippen LogP contribution < -0.4 is 0 Å². The van der Waals surface area contributed by atoms with E-state index < -0.39 is 0 Å². The minimum absolute atomic E-state index is 0.0591. The van der Waals surface area contributed by atoms with Crippen LogP contribution in [0.15, 0.2) is 85.3 Å². The Morgan fingerprint density at radius 2 is 1.84 bits per heavy atom. The molecule has 0 radical (unpaired) electrons. The molecule has 156 valence electrons. The minimum Gasteiger partial charge on any atom is -0.379 e. The third-order valence-electron chi connectivity index (χ3n) is 5.88. The summed E-state index contributed by atoms with van der Waals surface area (Å²) in [5, 5.41) is 0. The predicted molar refractivity (Wildman–Crippen MR) is 121 cm³/mol. The fraction of sp³-hybridized carbons (Fsp3) is 0.231. The van der Waals surface area contributed by atoms with Crippen molar-refractivity contribution in [2.45, 2.75) is 6.42 Å². The lowest BCUT2D eigenvalue weighted by Crippen LogP contribution is -2.36. The minimum atomic E-state index is 0.0591. The number of ether oxygens (including phenoxy) is 1. The molecule has 0 N–H and O–H groups in total. The normalized spacial score (nSPS) is 16.9. The Kier molecular flexibility index (Phi) is 5.50. The standard InChI is InChI=1S/C26H25N3O2/c30-26(23-10-5-4-9-22(23)21-7-2-1-3-8-21)29-15-16-31-19-20(18-29)17-24-25-11-6-13-28(25)14-12-27-24/h1-14,20H,15-19H2/t20-/m0/s1. The Morgan fingerprint density at radius 1 is 1.00 bits per heavy atom. The highest BCUT2D eigenvalue weighted by atomic mass is 16.5. The first-order valence-electron chi connectivity index (χ1n) is 10.7. The highest BCUT2D eigenvalue weighted by molar-refractivity contribution is 6.00. The van der Waals surface area contributed by atoms with Crippen molar-refractivity contribution in [3.8, 4) is 11.1 Å². The van der Waals surface area contributed by atoms with Gasteiger partial charge in [0.15, 0.2) is 0 Å². The van der Waals surface area contributed by atoms with E-state index in [9.17, 15) is 4.79 Å². The molecule has 0 saturated carbocycles. The third kappa shape index (κ3) is 4.09. The lowest BCUT2D eigenvalue weighted by atomic mass is 9.98. The number of rotatable bonds is 4. The van der Waals surface area contributed by atoms with Gasteiger partial charge in [0, 0.05) is 43.2 Å². The summed E-state index contributed by atoms with van der Waals surface area (Å²) < 4.78 is 7.96. The van der Waals surface area contributed by atoms with Crippen LogP contribution in [0, 0.1) is 5.92 Å². The van der Waals surface area contributed by atoms with Gasteiger partial charge in [0.2, 0.25) is 0 Å². The molecule has 0 unspecified atom stereocenters. The molecule has 0 bridgehead atoms. The summed E-state index contributed by atoms with van der Waals surface area (Å²) in [7, 11) is 0. The van der Waals surface area contributed by atoms with Crippen LogP contribution in [-0.2, 0) is 11.2 Å². The maximum atomic E-state index is 13.6. The molecular formula is C26H25N3O2. The molecule has 1 aliphatic rings. The van der Waals surface area contributed by atoms with Gasteiger partial charge in [-0.2, -0.15) is 0 Å². The first-order valence-corrected chi connectivity index (χ1v) is 10.7. The second kappa shape index (κ2) is 8.74. The summed E-state index contributed by atoms with van der Waals surface area (Å²) in [5.74, 6) is 0.257. The Bertz CT molecular complexity index is 1190. The number of aromatic nitrogens is 2. The van der Waals surface area contributed by atoms with Crippen LogP contribution in [0.3, 0.4) is 0 Å². The summed E-state index contributed by atoms with van der Waals surface area (Å²) in [6, 6.07) is 22.1. The fourth-order valence-corrected chi connectivity index (χ4v) is 4.36. The summed E-state index contributed by atoms with van der Waals surface area (Å²) in [6.45, 7) is 2.44. The average Bonchev–Trinajstić information content (AvgIpc) is 3.19. The summed E-state index contributed by atoms with van der Waals surface area (Å²) in [6.07, 6.45) is 6.59. The maximum Gasteiger partial charge on any atom is 0.254 e. The molecule has 2 aromatic carbocycles. The quantitative estimate of drug-likeness (QED) is 0.502. The zero-order chi connectivity index (χ0) is 21.0. The number of nitrogens with zero attached hydrogens (tertiary/aromatic N) is 3. The molecule has 1 saturated heterocycles. The van der Waals surface area contributed by atoms with Gasteiger partial charge in [0.25, 0.3) is 5.91 Å². The van der Waals surface area contributed by atoms with Crippen LogP contribution in [0.5, 0.6) is 0 Å². The van der Waals surface area contributed by atoms with Crippen molar-refractivity contribution in [1.82, 2.24) is 14.3 Å². The molecule has 1 aliphatic heterocycles. The lowest BCUT2D eigenvalue weighted by Gasteiger charge is -2.25. The average molecular weight is 412 g/mol. The van der Waals surface area contributed by atoms with Crippen molar-refractivity contribution in [2.75, 3.05) is 26.3 Å². The van der Waals surface area contributed by atoms with Gasteiger partial charge in [0.1, 0.15) is 0 Å². The van der Waals surface area contributed by atoms with Crippen LogP contribution >= 0.6 is 0 Å². The highest BCUT2D eigenvalue weighted by Gasteiger charge is 2.26. The van der Waals surface area contributed by atoms with Crippen LogP contribution in [0.25, 0.3) is 16.6 Å². The van der Waals surface area contributed by atoms with Gasteiger partial charge in [-0.05, 0) is 35.7 Å². The van der Waals surface area contributed by atoms with Crippen molar-refractivity contribution in [2.24, 2.45) is 5.92 Å². The summed E-state index contributed by atoms with van der Waals surface area (Å²) in [4.78, 5) is 20.1. The van der Waals surface area contributed by atoms with Gasteiger partial charge in [0.05, 0.1) is 24.4 Å². The monoisotopic (exact) mass is 411 g/mol. The number of amides is 1. The Labute approximate surface area is 181 Å². The molecule has 5 heteroatoms. The molecule has 31 heavy (non-hydrogen) atoms. The van der Waals surface area contributed by atoms with E-state index in [1.165, 1.54) is 0 Å². The van der Waals surface area contributed by atoms with Crippen LogP contribution in [0.2, 0.25) is 0 Å². The van der Waals surface area contributed by atoms with E-state index >= 15 is 0 Å². The fourth-order valence-electron chi connectivity index (χ4n) is 4.36. The largest absolute Gasteiger partial charge is 0.379 e. The number of hydrogen-bond donors (Lipinski definition) is 0. The smallest absolute Gasteiger partial charge is 0.254 e. The Balaban J connectivity index is 1.39. The predicted octanol–water partition coefficient (Wildman–Crippen LogP) is 4.33. The first kappa shape index (κ1) is 19.5. The van der Waals surface area contributed by atoms with Crippen molar-refractivity contribution < 1.29 is 9.53 Å². The van der Waals surface area contributed by atoms with Crippen molar-refractivity contribution in [3.05, 3.63) is 96.6 Å². The number of carbonyl (C=O) groups is 1. The number of fused-ring (bicyclic) bond motifs is 1. The molecule has 1 atom stereocenters. The molecule has 5 nitrogen and oxygen atoms in total. The van der Waals surface area contributed by atoms with Crippen LogP contribution in [0.1, 0.15) is 16.1 Å². The van der Waals surface area contributed by atoms with E-state index in [1.807, 2.05) is 84.2 Å². The molecular weight excluding hydrogens is 386 g/mol. The van der Waals surface area contributed by atoms with Crippen molar-refractivity contribution in [3.63, 3.8) is 0 Å². The van der Waals surface area contributed by atoms with Gasteiger partial charge in [-0.1, -0.05) is 48.5 Å². The number of hydrogen-bond acceptors (Lipinski definition) is 3. The molecule has 5 rings (SSSR count). The van der Waals surface area contributed by atoms with Gasteiger partial charge in [-0.25, -0.2) is 0 Å². The van der Waals surface area contributed by atoms with E-state index in [1.54, 1.807) is 0 Å². The van der Waals surface area contributed by atoms with Crippen LogP contribution in [0.4, 0.5) is 0 Å². The van der Waals surface area contributed by atoms with Gasteiger partial charge >= 0.3 is 0 Å². The van der Waals surface area contributed by atoms with Crippen molar-refractivity contribution in [1.29, 1.82) is 0 Å². The molecule has 1 amide bonds. The topological polar surface area (TPSA) is 46.8 Å². The van der Waals surface area contributed by atoms with Crippen LogP contribution in [-0.4, -0.2) is 46.5 Å². The van der Waals surface area contributed by atoms with Gasteiger partial charge < -0.3 is 14.0 Å². The zero-order valence-corrected chi connectivity index (χ0v) is 17.4.